The maximum Gasteiger partial charge on any atom is 0.306 e. The minimum atomic E-state index is -0.815. The second kappa shape index (κ2) is 67.1. The summed E-state index contributed by atoms with van der Waals surface area (Å²) in [5.41, 5.74) is 0. The molecule has 0 aliphatic heterocycles. The molecule has 0 spiro atoms. The van der Waals surface area contributed by atoms with Gasteiger partial charge in [0, 0.05) is 19.3 Å². The number of hydrogen-bond acceptors (Lipinski definition) is 6. The summed E-state index contributed by atoms with van der Waals surface area (Å²) < 4.78 is 16.8. The maximum atomic E-state index is 12.9. The Hall–Kier alpha value is -3.41. The van der Waals surface area contributed by atoms with E-state index in [4.69, 9.17) is 14.2 Å². The average molecular weight is 1100 g/mol. The zero-order chi connectivity index (χ0) is 57.1. The highest BCUT2D eigenvalue weighted by molar-refractivity contribution is 5.71. The lowest BCUT2D eigenvalue weighted by atomic mass is 10.0. The molecule has 0 N–H and O–H groups in total. The van der Waals surface area contributed by atoms with E-state index in [9.17, 15) is 14.4 Å². The summed E-state index contributed by atoms with van der Waals surface area (Å²) in [6.45, 7) is 6.49. The largest absolute Gasteiger partial charge is 0.462 e. The molecule has 0 aliphatic rings. The van der Waals surface area contributed by atoms with E-state index in [1.165, 1.54) is 218 Å². The van der Waals surface area contributed by atoms with E-state index in [2.05, 4.69) is 99.8 Å². The summed E-state index contributed by atoms with van der Waals surface area (Å²) in [7, 11) is 0. The van der Waals surface area contributed by atoms with Crippen LogP contribution in [-0.4, -0.2) is 37.2 Å². The van der Waals surface area contributed by atoms with Crippen molar-refractivity contribution in [1.29, 1.82) is 0 Å². The Balaban J connectivity index is 4.21. The van der Waals surface area contributed by atoms with Crippen molar-refractivity contribution in [2.24, 2.45) is 0 Å². The summed E-state index contributed by atoms with van der Waals surface area (Å²) >= 11 is 0. The van der Waals surface area contributed by atoms with E-state index < -0.39 is 6.10 Å². The first kappa shape index (κ1) is 75.6. The molecule has 0 aliphatic carbocycles. The zero-order valence-corrected chi connectivity index (χ0v) is 52.4. The van der Waals surface area contributed by atoms with Crippen LogP contribution in [0.5, 0.6) is 0 Å². The summed E-state index contributed by atoms with van der Waals surface area (Å²) in [5.74, 6) is -0.974. The molecule has 0 rings (SSSR count). The molecule has 0 amide bonds. The fraction of sp³-hybridized carbons (Fsp3) is 0.767. The number of carbonyl (C=O) groups excluding carboxylic acids is 3. The van der Waals surface area contributed by atoms with Crippen molar-refractivity contribution in [2.75, 3.05) is 13.2 Å². The summed E-state index contributed by atoms with van der Waals surface area (Å²) in [5, 5.41) is 0. The number of esters is 3. The second-order valence-corrected chi connectivity index (χ2v) is 22.7. The molecule has 79 heavy (non-hydrogen) atoms. The highest BCUT2D eigenvalue weighted by atomic mass is 16.6. The third-order valence-electron chi connectivity index (χ3n) is 14.9. The van der Waals surface area contributed by atoms with Crippen molar-refractivity contribution in [3.63, 3.8) is 0 Å². The van der Waals surface area contributed by atoms with Gasteiger partial charge in [0.2, 0.25) is 0 Å². The third-order valence-corrected chi connectivity index (χ3v) is 14.9. The Labute approximate surface area is 490 Å². The minimum Gasteiger partial charge on any atom is -0.462 e. The molecule has 0 aromatic rings. The van der Waals surface area contributed by atoms with Gasteiger partial charge in [0.1, 0.15) is 13.2 Å². The van der Waals surface area contributed by atoms with Crippen molar-refractivity contribution >= 4 is 17.9 Å². The highest BCUT2D eigenvalue weighted by Gasteiger charge is 2.19. The van der Waals surface area contributed by atoms with Crippen LogP contribution in [0, 0.1) is 0 Å². The van der Waals surface area contributed by atoms with E-state index in [0.717, 1.165) is 77.0 Å². The van der Waals surface area contributed by atoms with Gasteiger partial charge < -0.3 is 14.2 Å². The molecule has 0 aromatic carbocycles. The highest BCUT2D eigenvalue weighted by Crippen LogP contribution is 2.17. The fourth-order valence-electron chi connectivity index (χ4n) is 9.82. The van der Waals surface area contributed by atoms with Crippen molar-refractivity contribution in [3.8, 4) is 0 Å². The molecule has 456 valence electrons. The van der Waals surface area contributed by atoms with E-state index in [1.54, 1.807) is 0 Å². The monoisotopic (exact) mass is 1100 g/mol. The molecule has 0 radical (unpaired) electrons. The number of rotatable bonds is 62. The second-order valence-electron chi connectivity index (χ2n) is 22.7. The molecular weight excluding hydrogens is 973 g/mol. The first-order valence-electron chi connectivity index (χ1n) is 34.1. The first-order chi connectivity index (χ1) is 39.0. The van der Waals surface area contributed by atoms with Gasteiger partial charge in [-0.25, -0.2) is 0 Å². The van der Waals surface area contributed by atoms with Crippen LogP contribution in [0.1, 0.15) is 342 Å². The van der Waals surface area contributed by atoms with Gasteiger partial charge in [0.05, 0.1) is 0 Å². The fourth-order valence-corrected chi connectivity index (χ4v) is 9.82. The van der Waals surface area contributed by atoms with E-state index in [0.29, 0.717) is 19.3 Å². The zero-order valence-electron chi connectivity index (χ0n) is 52.4. The first-order valence-corrected chi connectivity index (χ1v) is 34.1. The molecule has 6 nitrogen and oxygen atoms in total. The summed E-state index contributed by atoms with van der Waals surface area (Å²) in [6.07, 6.45) is 89.2. The van der Waals surface area contributed by atoms with E-state index >= 15 is 0 Å². The van der Waals surface area contributed by atoms with Gasteiger partial charge >= 0.3 is 17.9 Å². The van der Waals surface area contributed by atoms with Crippen molar-refractivity contribution in [1.82, 2.24) is 0 Å². The Bertz CT molecular complexity index is 1500. The van der Waals surface area contributed by atoms with Crippen molar-refractivity contribution < 1.29 is 28.6 Å². The van der Waals surface area contributed by atoms with Gasteiger partial charge in [-0.15, -0.1) is 0 Å². The van der Waals surface area contributed by atoms with Crippen LogP contribution in [0.15, 0.2) is 85.1 Å². The topological polar surface area (TPSA) is 78.9 Å². The Morgan fingerprint density at radius 1 is 0.266 bits per heavy atom. The van der Waals surface area contributed by atoms with Gasteiger partial charge in [-0.1, -0.05) is 324 Å². The Kier molecular flexibility index (Phi) is 64.2. The predicted octanol–water partition coefficient (Wildman–Crippen LogP) is 23.4. The number of carbonyl (C=O) groups is 3. The number of ether oxygens (including phenoxy) is 3. The predicted molar refractivity (Wildman–Crippen MR) is 344 cm³/mol. The van der Waals surface area contributed by atoms with Gasteiger partial charge in [0.25, 0.3) is 0 Å². The molecular formula is C73H128O6. The van der Waals surface area contributed by atoms with Crippen LogP contribution >= 0.6 is 0 Å². The van der Waals surface area contributed by atoms with Crippen LogP contribution in [0.25, 0.3) is 0 Å². The normalized spacial score (nSPS) is 12.6. The average Bonchev–Trinajstić information content (AvgIpc) is 3.45. The van der Waals surface area contributed by atoms with Gasteiger partial charge in [-0.2, -0.15) is 0 Å². The van der Waals surface area contributed by atoms with Gasteiger partial charge in [0.15, 0.2) is 6.10 Å². The number of hydrogen-bond donors (Lipinski definition) is 0. The molecule has 0 bridgehead atoms. The number of unbranched alkanes of at least 4 members (excludes halogenated alkanes) is 37. The van der Waals surface area contributed by atoms with Crippen molar-refractivity contribution in [2.45, 2.75) is 348 Å². The van der Waals surface area contributed by atoms with Gasteiger partial charge in [-0.05, 0) is 83.5 Å². The van der Waals surface area contributed by atoms with Crippen LogP contribution < -0.4 is 0 Å². The van der Waals surface area contributed by atoms with Crippen LogP contribution in [-0.2, 0) is 28.6 Å². The minimum absolute atomic E-state index is 0.103. The van der Waals surface area contributed by atoms with Gasteiger partial charge in [-0.3, -0.25) is 14.4 Å². The Morgan fingerprint density at radius 2 is 0.519 bits per heavy atom. The molecule has 0 fully saturated rings. The molecule has 0 heterocycles. The summed E-state index contributed by atoms with van der Waals surface area (Å²) in [6, 6.07) is 0. The molecule has 0 aromatic heterocycles. The lowest BCUT2D eigenvalue weighted by Crippen LogP contribution is -2.30. The van der Waals surface area contributed by atoms with Crippen LogP contribution in [0.2, 0.25) is 0 Å². The lowest BCUT2D eigenvalue weighted by Gasteiger charge is -2.18. The maximum absolute atomic E-state index is 12.9. The molecule has 0 saturated carbocycles. The van der Waals surface area contributed by atoms with Crippen molar-refractivity contribution in [3.05, 3.63) is 85.1 Å². The Morgan fingerprint density at radius 3 is 0.823 bits per heavy atom. The quantitative estimate of drug-likeness (QED) is 0.0261. The SMILES string of the molecule is CC/C=C\C/C=C\C/C=C\C/C=C\C/C=C\C/C=C\CCC(=O)OC(COC(=O)CCCCCCCCCCCCC)COC(=O)CCCCCCCCCCCCCCCCCCCCC/C=C\CCCCCCCCCC. The third kappa shape index (κ3) is 65.3. The van der Waals surface area contributed by atoms with Crippen LogP contribution in [0.3, 0.4) is 0 Å². The number of allylic oxidation sites excluding steroid dienone is 14. The summed E-state index contributed by atoms with van der Waals surface area (Å²) in [4.78, 5) is 38.2. The molecule has 1 unspecified atom stereocenters. The molecule has 6 heteroatoms. The lowest BCUT2D eigenvalue weighted by molar-refractivity contribution is -0.166. The van der Waals surface area contributed by atoms with Crippen LogP contribution in [0.4, 0.5) is 0 Å². The van der Waals surface area contributed by atoms with E-state index in [1.807, 2.05) is 6.08 Å². The smallest absolute Gasteiger partial charge is 0.306 e. The van der Waals surface area contributed by atoms with E-state index in [-0.39, 0.29) is 37.5 Å². The molecule has 0 saturated heterocycles. The molecule has 1 atom stereocenters. The standard InChI is InChI=1S/C73H128O6/c1-4-7-10-13-16-19-22-24-26-28-30-31-32-33-34-35-36-37-38-39-40-41-43-44-46-48-51-54-57-60-63-66-72(75)78-69-70(68-77-71(74)65-62-59-56-53-50-21-18-15-12-9-6-3)79-73(76)67-64-61-58-55-52-49-47-45-42-29-27-25-23-20-17-14-11-8-5-2/h8,11,17,20,25,27-28,30,42,45,49,52,58,61,70H,4-7,9-10,12-16,18-19,21-24,26,29,31-41,43-44,46-48,50-51,53-57,59-60,62-69H2,1-3H3/b11-8-,20-17-,27-25-,30-28-,45-42-,52-49-,61-58-.